The van der Waals surface area contributed by atoms with Crippen LogP contribution in [0.5, 0.6) is 0 Å². The highest BCUT2D eigenvalue weighted by atomic mass is 16.3. The number of rotatable bonds is 4. The Bertz CT molecular complexity index is 255. The zero-order valence-corrected chi connectivity index (χ0v) is 8.57. The van der Waals surface area contributed by atoms with Gasteiger partial charge >= 0.3 is 0 Å². The molecule has 74 valence electrons. The molecule has 0 saturated carbocycles. The maximum absolute atomic E-state index is 9.30. The lowest BCUT2D eigenvalue weighted by atomic mass is 9.99. The first-order valence-corrected chi connectivity index (χ1v) is 4.76. The molecule has 1 aromatic heterocycles. The average Bonchev–Trinajstić information content (AvgIpc) is 2.47. The molecule has 0 amide bonds. The Hall–Kier alpha value is -0.830. The van der Waals surface area contributed by atoms with E-state index in [2.05, 4.69) is 12.0 Å². The van der Waals surface area contributed by atoms with Crippen molar-refractivity contribution in [3.8, 4) is 0 Å². The summed E-state index contributed by atoms with van der Waals surface area (Å²) in [6.45, 7) is 3.91. The monoisotopic (exact) mass is 182 g/mol. The standard InChI is InChI=1S/C10H18N2O/c1-8(9(2)13)4-5-10-6-7-11-12(10)3/h6-9,13H,4-5H2,1-3H3. The van der Waals surface area contributed by atoms with Crippen LogP contribution in [0.2, 0.25) is 0 Å². The third-order valence-electron chi connectivity index (χ3n) is 2.60. The molecule has 0 aliphatic rings. The molecule has 2 atom stereocenters. The van der Waals surface area contributed by atoms with Crippen LogP contribution in [0.4, 0.5) is 0 Å². The molecule has 13 heavy (non-hydrogen) atoms. The van der Waals surface area contributed by atoms with Crippen LogP contribution in [0.1, 0.15) is 26.0 Å². The van der Waals surface area contributed by atoms with Gasteiger partial charge in [-0.2, -0.15) is 5.10 Å². The predicted molar refractivity (Wildman–Crippen MR) is 52.4 cm³/mol. The molecule has 3 nitrogen and oxygen atoms in total. The minimum Gasteiger partial charge on any atom is -0.393 e. The summed E-state index contributed by atoms with van der Waals surface area (Å²) < 4.78 is 1.88. The van der Waals surface area contributed by atoms with Crippen molar-refractivity contribution in [1.82, 2.24) is 9.78 Å². The van der Waals surface area contributed by atoms with Gasteiger partial charge in [0.2, 0.25) is 0 Å². The Kier molecular flexibility index (Phi) is 3.48. The van der Waals surface area contributed by atoms with E-state index in [0.29, 0.717) is 5.92 Å². The van der Waals surface area contributed by atoms with E-state index in [1.54, 1.807) is 0 Å². The summed E-state index contributed by atoms with van der Waals surface area (Å²) in [5.74, 6) is 0.356. The molecule has 1 aromatic rings. The lowest BCUT2D eigenvalue weighted by Crippen LogP contribution is -2.14. The summed E-state index contributed by atoms with van der Waals surface area (Å²) in [5.41, 5.74) is 1.23. The van der Waals surface area contributed by atoms with Crippen LogP contribution >= 0.6 is 0 Å². The fourth-order valence-electron chi connectivity index (χ4n) is 1.26. The van der Waals surface area contributed by atoms with Gasteiger partial charge in [-0.1, -0.05) is 6.92 Å². The van der Waals surface area contributed by atoms with Crippen molar-refractivity contribution < 1.29 is 5.11 Å². The quantitative estimate of drug-likeness (QED) is 0.763. The average molecular weight is 182 g/mol. The smallest absolute Gasteiger partial charge is 0.0537 e. The van der Waals surface area contributed by atoms with E-state index in [1.807, 2.05) is 30.9 Å². The van der Waals surface area contributed by atoms with E-state index in [0.717, 1.165) is 12.8 Å². The molecular formula is C10H18N2O. The van der Waals surface area contributed by atoms with Gasteiger partial charge in [0.15, 0.2) is 0 Å². The van der Waals surface area contributed by atoms with Gasteiger partial charge in [0.25, 0.3) is 0 Å². The SMILES string of the molecule is CC(O)C(C)CCc1ccnn1C. The van der Waals surface area contributed by atoms with Crippen molar-refractivity contribution in [1.29, 1.82) is 0 Å². The summed E-state index contributed by atoms with van der Waals surface area (Å²) in [4.78, 5) is 0. The lowest BCUT2D eigenvalue weighted by molar-refractivity contribution is 0.130. The van der Waals surface area contributed by atoms with Crippen LogP contribution in [0.25, 0.3) is 0 Å². The Labute approximate surface area is 79.4 Å². The highest BCUT2D eigenvalue weighted by Crippen LogP contribution is 2.11. The second-order valence-corrected chi connectivity index (χ2v) is 3.70. The largest absolute Gasteiger partial charge is 0.393 e. The van der Waals surface area contributed by atoms with Crippen molar-refractivity contribution in [2.24, 2.45) is 13.0 Å². The van der Waals surface area contributed by atoms with Gasteiger partial charge in [0.1, 0.15) is 0 Å². The molecule has 3 heteroatoms. The number of hydrogen-bond donors (Lipinski definition) is 1. The third kappa shape index (κ3) is 2.84. The minimum absolute atomic E-state index is 0.215. The number of nitrogens with zero attached hydrogens (tertiary/aromatic N) is 2. The predicted octanol–water partition coefficient (Wildman–Crippen LogP) is 1.37. The van der Waals surface area contributed by atoms with Gasteiger partial charge in [-0.05, 0) is 31.7 Å². The van der Waals surface area contributed by atoms with Gasteiger partial charge in [0, 0.05) is 18.9 Å². The van der Waals surface area contributed by atoms with E-state index in [4.69, 9.17) is 0 Å². The molecule has 0 aromatic carbocycles. The number of aliphatic hydroxyl groups excluding tert-OH is 1. The molecule has 0 aliphatic heterocycles. The molecule has 0 bridgehead atoms. The Morgan fingerprint density at radius 2 is 2.23 bits per heavy atom. The number of aliphatic hydroxyl groups is 1. The maximum Gasteiger partial charge on any atom is 0.0537 e. The second-order valence-electron chi connectivity index (χ2n) is 3.70. The topological polar surface area (TPSA) is 38.1 Å². The van der Waals surface area contributed by atoms with E-state index >= 15 is 0 Å². The highest BCUT2D eigenvalue weighted by molar-refractivity contribution is 4.99. The van der Waals surface area contributed by atoms with Crippen LogP contribution in [0.3, 0.4) is 0 Å². The van der Waals surface area contributed by atoms with E-state index in [-0.39, 0.29) is 6.10 Å². The van der Waals surface area contributed by atoms with E-state index in [9.17, 15) is 5.11 Å². The maximum atomic E-state index is 9.30. The van der Waals surface area contributed by atoms with Crippen molar-refractivity contribution in [3.63, 3.8) is 0 Å². The van der Waals surface area contributed by atoms with Gasteiger partial charge in [-0.25, -0.2) is 0 Å². The fraction of sp³-hybridized carbons (Fsp3) is 0.700. The fourth-order valence-corrected chi connectivity index (χ4v) is 1.26. The van der Waals surface area contributed by atoms with Crippen LogP contribution < -0.4 is 0 Å². The molecule has 0 spiro atoms. The molecular weight excluding hydrogens is 164 g/mol. The van der Waals surface area contributed by atoms with Crippen molar-refractivity contribution in [2.45, 2.75) is 32.8 Å². The first kappa shape index (κ1) is 10.3. The van der Waals surface area contributed by atoms with Crippen LogP contribution in [-0.4, -0.2) is 21.0 Å². The zero-order chi connectivity index (χ0) is 9.84. The normalized spacial score (nSPS) is 15.7. The molecule has 0 fully saturated rings. The second kappa shape index (κ2) is 4.42. The van der Waals surface area contributed by atoms with Crippen LogP contribution in [0, 0.1) is 5.92 Å². The molecule has 1 rings (SSSR count). The summed E-state index contributed by atoms with van der Waals surface area (Å²) >= 11 is 0. The number of aryl methyl sites for hydroxylation is 2. The van der Waals surface area contributed by atoms with Gasteiger partial charge in [-0.15, -0.1) is 0 Å². The van der Waals surface area contributed by atoms with Crippen LogP contribution in [0.15, 0.2) is 12.3 Å². The zero-order valence-electron chi connectivity index (χ0n) is 8.57. The van der Waals surface area contributed by atoms with E-state index in [1.165, 1.54) is 5.69 Å². The number of aromatic nitrogens is 2. The van der Waals surface area contributed by atoms with E-state index < -0.39 is 0 Å². The summed E-state index contributed by atoms with van der Waals surface area (Å²) in [5, 5.41) is 13.4. The molecule has 0 saturated heterocycles. The molecule has 1 heterocycles. The third-order valence-corrected chi connectivity index (χ3v) is 2.60. The number of hydrogen-bond acceptors (Lipinski definition) is 2. The highest BCUT2D eigenvalue weighted by Gasteiger charge is 2.09. The minimum atomic E-state index is -0.215. The lowest BCUT2D eigenvalue weighted by Gasteiger charge is -2.13. The first-order chi connectivity index (χ1) is 6.11. The van der Waals surface area contributed by atoms with Gasteiger partial charge in [0.05, 0.1) is 6.10 Å². The van der Waals surface area contributed by atoms with Gasteiger partial charge < -0.3 is 5.11 Å². The van der Waals surface area contributed by atoms with Crippen molar-refractivity contribution >= 4 is 0 Å². The Morgan fingerprint density at radius 3 is 2.69 bits per heavy atom. The Balaban J connectivity index is 2.39. The summed E-state index contributed by atoms with van der Waals surface area (Å²) in [6, 6.07) is 2.02. The van der Waals surface area contributed by atoms with Crippen LogP contribution in [-0.2, 0) is 13.5 Å². The summed E-state index contributed by atoms with van der Waals surface area (Å²) in [7, 11) is 1.95. The Morgan fingerprint density at radius 1 is 1.54 bits per heavy atom. The van der Waals surface area contributed by atoms with Crippen molar-refractivity contribution in [3.05, 3.63) is 18.0 Å². The molecule has 1 N–H and O–H groups in total. The molecule has 2 unspecified atom stereocenters. The summed E-state index contributed by atoms with van der Waals surface area (Å²) in [6.07, 6.45) is 3.59. The first-order valence-electron chi connectivity index (χ1n) is 4.76. The van der Waals surface area contributed by atoms with Crippen molar-refractivity contribution in [2.75, 3.05) is 0 Å². The molecule has 0 radical (unpaired) electrons. The molecule has 0 aliphatic carbocycles. The van der Waals surface area contributed by atoms with Gasteiger partial charge in [-0.3, -0.25) is 4.68 Å².